The van der Waals surface area contributed by atoms with Crippen LogP contribution in [-0.2, 0) is 65.4 Å². The van der Waals surface area contributed by atoms with Gasteiger partial charge in [-0.15, -0.1) is 0 Å². The quantitative estimate of drug-likeness (QED) is 0.0222. The number of carbonyl (C=O) groups excluding carboxylic acids is 4. The lowest BCUT2D eigenvalue weighted by molar-refractivity contribution is -0.161. The minimum absolute atomic E-state index is 0.104. The van der Waals surface area contributed by atoms with Crippen LogP contribution in [0.4, 0.5) is 0 Å². The van der Waals surface area contributed by atoms with Crippen LogP contribution >= 0.6 is 15.6 Å². The summed E-state index contributed by atoms with van der Waals surface area (Å²) in [4.78, 5) is 72.5. The van der Waals surface area contributed by atoms with E-state index in [1.165, 1.54) is 141 Å². The van der Waals surface area contributed by atoms with Crippen molar-refractivity contribution in [1.29, 1.82) is 0 Å². The highest BCUT2D eigenvalue weighted by Crippen LogP contribution is 2.45. The first-order valence-corrected chi connectivity index (χ1v) is 39.3. The molecule has 3 N–H and O–H groups in total. The predicted octanol–water partition coefficient (Wildman–Crippen LogP) is 19.7. The van der Waals surface area contributed by atoms with Gasteiger partial charge in [-0.3, -0.25) is 37.3 Å². The van der Waals surface area contributed by atoms with E-state index >= 15 is 0 Å². The summed E-state index contributed by atoms with van der Waals surface area (Å²) in [7, 11) is -9.90. The first-order chi connectivity index (χ1) is 42.7. The number of aliphatic hydroxyl groups is 1. The Bertz CT molecular complexity index is 1770. The number of aliphatic hydroxyl groups excluding tert-OH is 1. The van der Waals surface area contributed by atoms with Crippen molar-refractivity contribution in [3.8, 4) is 0 Å². The van der Waals surface area contributed by atoms with Gasteiger partial charge in [-0.25, -0.2) is 9.13 Å². The van der Waals surface area contributed by atoms with Gasteiger partial charge in [0.15, 0.2) is 12.2 Å². The normalized spacial score (nSPS) is 14.9. The molecule has 0 spiro atoms. The maximum atomic E-state index is 13.0. The molecule has 0 aromatic rings. The van der Waals surface area contributed by atoms with Crippen molar-refractivity contribution in [2.24, 2.45) is 23.7 Å². The van der Waals surface area contributed by atoms with Gasteiger partial charge in [-0.1, -0.05) is 293 Å². The lowest BCUT2D eigenvalue weighted by Crippen LogP contribution is -2.30. The van der Waals surface area contributed by atoms with Crippen molar-refractivity contribution in [1.82, 2.24) is 0 Å². The fourth-order valence-electron chi connectivity index (χ4n) is 10.4. The van der Waals surface area contributed by atoms with Crippen LogP contribution in [0.5, 0.6) is 0 Å². The molecule has 0 saturated carbocycles. The molecule has 0 saturated heterocycles. The molecule has 0 rings (SSSR count). The van der Waals surface area contributed by atoms with Crippen LogP contribution in [0.15, 0.2) is 0 Å². The fraction of sp³-hybridized carbons (Fsp3) is 0.943. The Kier molecular flexibility index (Phi) is 58.5. The third kappa shape index (κ3) is 62.0. The summed E-state index contributed by atoms with van der Waals surface area (Å²) in [6.07, 6.45) is 41.6. The van der Waals surface area contributed by atoms with Crippen LogP contribution in [0.2, 0.25) is 0 Å². The molecule has 0 aromatic carbocycles. The molecule has 4 unspecified atom stereocenters. The molecule has 0 aliphatic heterocycles. The lowest BCUT2D eigenvalue weighted by Gasteiger charge is -2.21. The summed E-state index contributed by atoms with van der Waals surface area (Å²) in [5.74, 6) is 0.898. The molecule has 0 amide bonds. The second-order valence-corrected chi connectivity index (χ2v) is 29.6. The first-order valence-electron chi connectivity index (χ1n) is 36.3. The Labute approximate surface area is 543 Å². The number of ether oxygens (including phenoxy) is 4. The third-order valence-electron chi connectivity index (χ3n) is 16.8. The van der Waals surface area contributed by atoms with Gasteiger partial charge in [0.1, 0.15) is 19.3 Å². The smallest absolute Gasteiger partial charge is 0.462 e. The monoisotopic (exact) mass is 1310 g/mol. The van der Waals surface area contributed by atoms with Gasteiger partial charge >= 0.3 is 39.5 Å². The number of phosphoric ester groups is 2. The molecular weight excluding hydrogens is 1170 g/mol. The second-order valence-electron chi connectivity index (χ2n) is 26.7. The van der Waals surface area contributed by atoms with E-state index in [4.69, 9.17) is 37.0 Å². The van der Waals surface area contributed by atoms with Crippen molar-refractivity contribution >= 4 is 39.5 Å². The molecule has 0 aromatic heterocycles. The second kappa shape index (κ2) is 59.8. The summed E-state index contributed by atoms with van der Waals surface area (Å²) in [6.45, 7) is 14.1. The van der Waals surface area contributed by atoms with E-state index < -0.39 is 97.5 Å². The van der Waals surface area contributed by atoms with Crippen LogP contribution in [0, 0.1) is 23.7 Å². The minimum atomic E-state index is -4.95. The van der Waals surface area contributed by atoms with Gasteiger partial charge in [0.25, 0.3) is 0 Å². The number of phosphoric acid groups is 2. The summed E-state index contributed by atoms with van der Waals surface area (Å²) >= 11 is 0. The fourth-order valence-corrected chi connectivity index (χ4v) is 12.0. The highest BCUT2D eigenvalue weighted by atomic mass is 31.2. The number of esters is 4. The molecule has 528 valence electrons. The number of carbonyl (C=O) groups is 4. The van der Waals surface area contributed by atoms with Crippen molar-refractivity contribution < 1.29 is 80.2 Å². The Morgan fingerprint density at radius 2 is 0.539 bits per heavy atom. The molecule has 89 heavy (non-hydrogen) atoms. The Morgan fingerprint density at radius 1 is 0.315 bits per heavy atom. The largest absolute Gasteiger partial charge is 0.472 e. The molecule has 0 radical (unpaired) electrons. The Morgan fingerprint density at radius 3 is 0.798 bits per heavy atom. The average Bonchev–Trinajstić information content (AvgIpc) is 3.71. The predicted molar refractivity (Wildman–Crippen MR) is 358 cm³/mol. The molecule has 0 fully saturated rings. The van der Waals surface area contributed by atoms with Gasteiger partial charge in [-0.2, -0.15) is 0 Å². The zero-order valence-electron chi connectivity index (χ0n) is 58.1. The van der Waals surface area contributed by atoms with Crippen molar-refractivity contribution in [2.45, 2.75) is 363 Å². The molecular formula is C70H136O17P2. The van der Waals surface area contributed by atoms with Crippen LogP contribution in [0.25, 0.3) is 0 Å². The average molecular weight is 1310 g/mol. The van der Waals surface area contributed by atoms with Crippen LogP contribution in [-0.4, -0.2) is 96.7 Å². The summed E-state index contributed by atoms with van der Waals surface area (Å²) in [5.41, 5.74) is 0. The number of rotatable bonds is 67. The van der Waals surface area contributed by atoms with E-state index in [0.717, 1.165) is 120 Å². The molecule has 17 nitrogen and oxygen atoms in total. The van der Waals surface area contributed by atoms with Crippen LogP contribution < -0.4 is 0 Å². The van der Waals surface area contributed by atoms with Gasteiger partial charge in [0.05, 0.1) is 26.4 Å². The van der Waals surface area contributed by atoms with E-state index in [9.17, 15) is 43.2 Å². The van der Waals surface area contributed by atoms with Crippen LogP contribution in [0.1, 0.15) is 344 Å². The van der Waals surface area contributed by atoms with Gasteiger partial charge < -0.3 is 33.8 Å². The lowest BCUT2D eigenvalue weighted by atomic mass is 9.99. The first kappa shape index (κ1) is 87.1. The van der Waals surface area contributed by atoms with E-state index in [1.807, 2.05) is 0 Å². The number of hydrogen-bond donors (Lipinski definition) is 3. The summed E-state index contributed by atoms with van der Waals surface area (Å²) < 4.78 is 68.3. The van der Waals surface area contributed by atoms with E-state index in [0.29, 0.717) is 25.7 Å². The molecule has 19 heteroatoms. The SMILES string of the molecule is CCC(C)CCCCCCCCCCCCC(=O)O[C@H](COC(=O)CCCCCCCCCCCCC(C)C)COP(=O)(O)OC[C@@H](O)COP(=O)(O)OC[C@@H](COC(=O)CCCCCCCCC(C)CC)OC(=O)CCCCCCCCCCCC(C)C. The van der Waals surface area contributed by atoms with Gasteiger partial charge in [0.2, 0.25) is 0 Å². The third-order valence-corrected chi connectivity index (χ3v) is 18.7. The van der Waals surface area contributed by atoms with Gasteiger partial charge in [-0.05, 0) is 49.4 Å². The van der Waals surface area contributed by atoms with E-state index in [1.54, 1.807) is 0 Å². The van der Waals surface area contributed by atoms with E-state index in [-0.39, 0.29) is 25.7 Å². The standard InChI is InChI=1S/C70H136O17P2/c1-9-62(7)48-40-32-24-18-12-14-20-26-36-44-52-69(74)86-65(56-80-67(72)50-42-34-25-19-13-11-16-22-30-38-46-60(3)4)58-84-88(76,77)82-54-64(71)55-83-89(78,79)85-59-66(57-81-68(73)51-43-35-29-28-33-41-49-63(8)10-2)87-70(75)53-45-37-27-21-15-17-23-31-39-47-61(5)6/h60-66,71H,9-59H2,1-8H3,(H,76,77)(H,78,79)/t62?,63?,64-,65-,66-/m1/s1. The Balaban J connectivity index is 5.27. The van der Waals surface area contributed by atoms with Gasteiger partial charge in [0, 0.05) is 25.7 Å². The highest BCUT2D eigenvalue weighted by molar-refractivity contribution is 7.47. The van der Waals surface area contributed by atoms with Crippen molar-refractivity contribution in [2.75, 3.05) is 39.6 Å². The molecule has 7 atom stereocenters. The summed E-state index contributed by atoms with van der Waals surface area (Å²) in [6, 6.07) is 0. The maximum Gasteiger partial charge on any atom is 0.472 e. The maximum absolute atomic E-state index is 13.0. The number of unbranched alkanes of at least 4 members (excludes halogenated alkanes) is 31. The van der Waals surface area contributed by atoms with Crippen LogP contribution in [0.3, 0.4) is 0 Å². The number of hydrogen-bond acceptors (Lipinski definition) is 15. The van der Waals surface area contributed by atoms with E-state index in [2.05, 4.69) is 55.4 Å². The molecule has 0 heterocycles. The zero-order chi connectivity index (χ0) is 66.1. The molecule has 0 aliphatic rings. The molecule has 0 aliphatic carbocycles. The Hall–Kier alpha value is -1.94. The summed E-state index contributed by atoms with van der Waals surface area (Å²) in [5, 5.41) is 10.6. The zero-order valence-corrected chi connectivity index (χ0v) is 59.8. The topological polar surface area (TPSA) is 237 Å². The minimum Gasteiger partial charge on any atom is -0.462 e. The molecule has 0 bridgehead atoms. The van der Waals surface area contributed by atoms with Crippen molar-refractivity contribution in [3.63, 3.8) is 0 Å². The van der Waals surface area contributed by atoms with Crippen molar-refractivity contribution in [3.05, 3.63) is 0 Å². The highest BCUT2D eigenvalue weighted by Gasteiger charge is 2.30.